The topological polar surface area (TPSA) is 25.8 Å². The number of unbranched alkanes of at least 4 members (excludes halogenated alkanes) is 3. The first-order valence-corrected chi connectivity index (χ1v) is 6.98. The third-order valence-corrected chi connectivity index (χ3v) is 3.32. The Hall–Kier alpha value is -0.220. The molecule has 4 heteroatoms. The molecular formula is C11H18N2S2. The van der Waals surface area contributed by atoms with E-state index in [9.17, 15) is 0 Å². The molecule has 0 aromatic carbocycles. The summed E-state index contributed by atoms with van der Waals surface area (Å²) in [5.41, 5.74) is 1.04. The van der Waals surface area contributed by atoms with Crippen molar-refractivity contribution in [2.75, 3.05) is 11.5 Å². The molecule has 0 bridgehead atoms. The number of hydrogen-bond acceptors (Lipinski definition) is 4. The summed E-state index contributed by atoms with van der Waals surface area (Å²) in [6.45, 7) is 2.00. The Bertz CT molecular complexity index is 279. The highest BCUT2D eigenvalue weighted by molar-refractivity contribution is 7.99. The van der Waals surface area contributed by atoms with Crippen molar-refractivity contribution in [3.05, 3.63) is 18.0 Å². The fraction of sp³-hybridized carbons (Fsp3) is 0.636. The number of rotatable bonds is 7. The second-order valence-corrected chi connectivity index (χ2v) is 4.98. The van der Waals surface area contributed by atoms with E-state index in [0.29, 0.717) is 0 Å². The zero-order chi connectivity index (χ0) is 10.9. The van der Waals surface area contributed by atoms with Gasteiger partial charge in [0.1, 0.15) is 0 Å². The van der Waals surface area contributed by atoms with Gasteiger partial charge in [-0.1, -0.05) is 24.6 Å². The molecule has 1 aromatic rings. The van der Waals surface area contributed by atoms with E-state index in [1.54, 1.807) is 11.8 Å². The normalized spacial score (nSPS) is 10.5. The van der Waals surface area contributed by atoms with Crippen molar-refractivity contribution < 1.29 is 0 Å². The van der Waals surface area contributed by atoms with Crippen molar-refractivity contribution in [3.63, 3.8) is 0 Å². The van der Waals surface area contributed by atoms with Crippen LogP contribution in [0.1, 0.15) is 31.4 Å². The predicted molar refractivity (Wildman–Crippen MR) is 69.8 cm³/mol. The Morgan fingerprint density at radius 3 is 2.80 bits per heavy atom. The van der Waals surface area contributed by atoms with E-state index in [1.807, 2.05) is 19.2 Å². The van der Waals surface area contributed by atoms with Crippen LogP contribution < -0.4 is 0 Å². The molecule has 0 aliphatic carbocycles. The second-order valence-electron chi connectivity index (χ2n) is 3.47. The Kier molecular flexibility index (Phi) is 6.85. The summed E-state index contributed by atoms with van der Waals surface area (Å²) in [6, 6.07) is 1.93. The van der Waals surface area contributed by atoms with Gasteiger partial charge < -0.3 is 0 Å². The number of aryl methyl sites for hydroxylation is 1. The van der Waals surface area contributed by atoms with Crippen LogP contribution in [0.4, 0.5) is 0 Å². The number of aromatic nitrogens is 2. The van der Waals surface area contributed by atoms with E-state index >= 15 is 0 Å². The summed E-state index contributed by atoms with van der Waals surface area (Å²) in [5.74, 6) is 2.13. The molecule has 1 rings (SSSR count). The van der Waals surface area contributed by atoms with Gasteiger partial charge in [0.2, 0.25) is 0 Å². The predicted octanol–water partition coefficient (Wildman–Crippen LogP) is 3.37. The average molecular weight is 242 g/mol. The molecule has 0 aliphatic heterocycles. The first-order valence-electron chi connectivity index (χ1n) is 5.36. The van der Waals surface area contributed by atoms with Crippen LogP contribution in [0.5, 0.6) is 0 Å². The molecule has 0 radical (unpaired) electrons. The van der Waals surface area contributed by atoms with Gasteiger partial charge in [0.25, 0.3) is 0 Å². The van der Waals surface area contributed by atoms with Crippen molar-refractivity contribution in [1.82, 2.24) is 9.97 Å². The minimum atomic E-state index is 0.907. The molecule has 0 saturated carbocycles. The first-order chi connectivity index (χ1) is 7.33. The van der Waals surface area contributed by atoms with Gasteiger partial charge in [-0.2, -0.15) is 12.6 Å². The minimum Gasteiger partial charge on any atom is -0.231 e. The highest BCUT2D eigenvalue weighted by atomic mass is 32.2. The van der Waals surface area contributed by atoms with Crippen LogP contribution in [-0.2, 0) is 0 Å². The lowest BCUT2D eigenvalue weighted by molar-refractivity contribution is 0.711. The van der Waals surface area contributed by atoms with E-state index < -0.39 is 0 Å². The molecular weight excluding hydrogens is 224 g/mol. The van der Waals surface area contributed by atoms with Crippen LogP contribution in [0.15, 0.2) is 17.4 Å². The SMILES string of the molecule is Cc1ccnc(SCCCCCCS)n1. The maximum atomic E-state index is 4.35. The lowest BCUT2D eigenvalue weighted by Gasteiger charge is -2.00. The number of thioether (sulfide) groups is 1. The lowest BCUT2D eigenvalue weighted by Crippen LogP contribution is -1.90. The first kappa shape index (κ1) is 12.8. The van der Waals surface area contributed by atoms with Gasteiger partial charge in [0.15, 0.2) is 5.16 Å². The molecule has 84 valence electrons. The fourth-order valence-corrected chi connectivity index (χ4v) is 2.32. The number of thiol groups is 1. The highest BCUT2D eigenvalue weighted by Crippen LogP contribution is 2.15. The van der Waals surface area contributed by atoms with E-state index in [0.717, 1.165) is 22.4 Å². The van der Waals surface area contributed by atoms with E-state index in [1.165, 1.54) is 25.7 Å². The molecule has 2 nitrogen and oxygen atoms in total. The standard InChI is InChI=1S/C11H18N2S2/c1-10-6-7-12-11(13-10)15-9-5-3-2-4-8-14/h6-7,14H,2-5,8-9H2,1H3. The summed E-state index contributed by atoms with van der Waals surface area (Å²) < 4.78 is 0. The maximum absolute atomic E-state index is 4.35. The van der Waals surface area contributed by atoms with Gasteiger partial charge in [-0.3, -0.25) is 0 Å². The van der Waals surface area contributed by atoms with Crippen molar-refractivity contribution in [1.29, 1.82) is 0 Å². The van der Waals surface area contributed by atoms with Gasteiger partial charge in [0, 0.05) is 17.6 Å². The summed E-state index contributed by atoms with van der Waals surface area (Å²) in [6.07, 6.45) is 6.88. The van der Waals surface area contributed by atoms with Gasteiger partial charge in [-0.05, 0) is 31.6 Å². The quantitative estimate of drug-likeness (QED) is 0.343. The van der Waals surface area contributed by atoms with Crippen LogP contribution in [0.2, 0.25) is 0 Å². The van der Waals surface area contributed by atoms with Crippen molar-refractivity contribution in [2.45, 2.75) is 37.8 Å². The molecule has 0 aliphatic rings. The summed E-state index contributed by atoms with van der Waals surface area (Å²) >= 11 is 5.94. The molecule has 0 N–H and O–H groups in total. The molecule has 0 atom stereocenters. The third kappa shape index (κ3) is 6.05. The van der Waals surface area contributed by atoms with Crippen LogP contribution in [0.3, 0.4) is 0 Å². The molecule has 0 amide bonds. The molecule has 15 heavy (non-hydrogen) atoms. The number of hydrogen-bond donors (Lipinski definition) is 1. The van der Waals surface area contributed by atoms with E-state index in [-0.39, 0.29) is 0 Å². The van der Waals surface area contributed by atoms with Crippen molar-refractivity contribution >= 4 is 24.4 Å². The Morgan fingerprint density at radius 2 is 2.07 bits per heavy atom. The highest BCUT2D eigenvalue weighted by Gasteiger charge is 1.97. The zero-order valence-electron chi connectivity index (χ0n) is 9.15. The Labute approximate surface area is 102 Å². The van der Waals surface area contributed by atoms with Crippen LogP contribution in [0.25, 0.3) is 0 Å². The van der Waals surface area contributed by atoms with Gasteiger partial charge in [-0.25, -0.2) is 9.97 Å². The van der Waals surface area contributed by atoms with Crippen LogP contribution in [0, 0.1) is 6.92 Å². The summed E-state index contributed by atoms with van der Waals surface area (Å²) in [5, 5.41) is 0.907. The monoisotopic (exact) mass is 242 g/mol. The zero-order valence-corrected chi connectivity index (χ0v) is 10.9. The number of nitrogens with zero attached hydrogens (tertiary/aromatic N) is 2. The Balaban J connectivity index is 2.10. The molecule has 0 fully saturated rings. The van der Waals surface area contributed by atoms with Gasteiger partial charge in [-0.15, -0.1) is 0 Å². The molecule has 0 saturated heterocycles. The molecule has 0 unspecified atom stereocenters. The second kappa shape index (κ2) is 7.99. The van der Waals surface area contributed by atoms with E-state index in [2.05, 4.69) is 22.6 Å². The van der Waals surface area contributed by atoms with Crippen LogP contribution in [-0.4, -0.2) is 21.5 Å². The smallest absolute Gasteiger partial charge is 0.187 e. The average Bonchev–Trinajstić information content (AvgIpc) is 2.23. The van der Waals surface area contributed by atoms with Gasteiger partial charge >= 0.3 is 0 Å². The molecule has 1 heterocycles. The molecule has 1 aromatic heterocycles. The fourth-order valence-electron chi connectivity index (χ4n) is 1.23. The minimum absolute atomic E-state index is 0.907. The van der Waals surface area contributed by atoms with Crippen molar-refractivity contribution in [3.8, 4) is 0 Å². The van der Waals surface area contributed by atoms with Gasteiger partial charge in [0.05, 0.1) is 0 Å². The maximum Gasteiger partial charge on any atom is 0.187 e. The Morgan fingerprint density at radius 1 is 1.27 bits per heavy atom. The summed E-state index contributed by atoms with van der Waals surface area (Å²) in [7, 11) is 0. The summed E-state index contributed by atoms with van der Waals surface area (Å²) in [4.78, 5) is 8.56. The van der Waals surface area contributed by atoms with E-state index in [4.69, 9.17) is 0 Å². The van der Waals surface area contributed by atoms with Crippen LogP contribution >= 0.6 is 24.4 Å². The third-order valence-electron chi connectivity index (χ3n) is 2.06. The largest absolute Gasteiger partial charge is 0.231 e. The van der Waals surface area contributed by atoms with Crippen molar-refractivity contribution in [2.24, 2.45) is 0 Å². The molecule has 0 spiro atoms. The lowest BCUT2D eigenvalue weighted by atomic mass is 10.2.